The van der Waals surface area contributed by atoms with E-state index in [0.717, 1.165) is 5.56 Å². The summed E-state index contributed by atoms with van der Waals surface area (Å²) in [6.07, 6.45) is -5.70. The van der Waals surface area contributed by atoms with Gasteiger partial charge in [0.15, 0.2) is 5.75 Å². The number of alkyl carbamates (subject to hydrolysis) is 1. The van der Waals surface area contributed by atoms with Gasteiger partial charge in [-0.05, 0) is 36.5 Å². The standard InChI is InChI=1S/C13H9ClF3NO4/c14-7-4-5-2-1-3-6(5)8(9(7)22-13(15,16)17)10-11(19)18-12(20)21-10/h4,10H,1-3H2,(H,18,19,20). The van der Waals surface area contributed by atoms with E-state index >= 15 is 0 Å². The maximum Gasteiger partial charge on any atom is 0.573 e. The highest BCUT2D eigenvalue weighted by Crippen LogP contribution is 2.45. The third-order valence-corrected chi connectivity index (χ3v) is 3.80. The summed E-state index contributed by atoms with van der Waals surface area (Å²) in [5, 5.41) is 1.61. The third kappa shape index (κ3) is 2.58. The second kappa shape index (κ2) is 5.05. The summed E-state index contributed by atoms with van der Waals surface area (Å²) in [6.45, 7) is 0. The summed E-state index contributed by atoms with van der Waals surface area (Å²) in [6, 6.07) is 1.39. The lowest BCUT2D eigenvalue weighted by Crippen LogP contribution is -2.23. The number of carbonyl (C=O) groups is 2. The number of aryl methyl sites for hydroxylation is 1. The Morgan fingerprint density at radius 1 is 1.32 bits per heavy atom. The van der Waals surface area contributed by atoms with Gasteiger partial charge in [0, 0.05) is 5.56 Å². The number of ether oxygens (including phenoxy) is 2. The van der Waals surface area contributed by atoms with Crippen molar-refractivity contribution >= 4 is 23.6 Å². The molecule has 0 saturated carbocycles. The van der Waals surface area contributed by atoms with Gasteiger partial charge in [-0.3, -0.25) is 10.1 Å². The molecule has 0 bridgehead atoms. The van der Waals surface area contributed by atoms with E-state index in [2.05, 4.69) is 4.74 Å². The molecule has 1 aliphatic carbocycles. The zero-order valence-electron chi connectivity index (χ0n) is 10.9. The van der Waals surface area contributed by atoms with Crippen molar-refractivity contribution in [2.45, 2.75) is 31.7 Å². The molecule has 0 spiro atoms. The summed E-state index contributed by atoms with van der Waals surface area (Å²) in [5.74, 6) is -1.53. The van der Waals surface area contributed by atoms with Crippen molar-refractivity contribution in [1.29, 1.82) is 0 Å². The van der Waals surface area contributed by atoms with Gasteiger partial charge >= 0.3 is 12.5 Å². The number of imide groups is 1. The van der Waals surface area contributed by atoms with Crippen molar-refractivity contribution in [1.82, 2.24) is 5.32 Å². The molecule has 5 nitrogen and oxygen atoms in total. The van der Waals surface area contributed by atoms with Gasteiger partial charge in [0.2, 0.25) is 6.10 Å². The Hall–Kier alpha value is -1.96. The van der Waals surface area contributed by atoms with Crippen molar-refractivity contribution in [2.24, 2.45) is 0 Å². The molecule has 0 radical (unpaired) electrons. The quantitative estimate of drug-likeness (QED) is 0.902. The minimum Gasteiger partial charge on any atom is -0.431 e. The van der Waals surface area contributed by atoms with Crippen LogP contribution in [0.4, 0.5) is 18.0 Å². The summed E-state index contributed by atoms with van der Waals surface area (Å²) in [5.41, 5.74) is 1.12. The van der Waals surface area contributed by atoms with Gasteiger partial charge in [0.05, 0.1) is 5.02 Å². The molecule has 2 amide bonds. The number of carbonyl (C=O) groups excluding carboxylic acids is 2. The highest BCUT2D eigenvalue weighted by Gasteiger charge is 2.42. The molecule has 1 aromatic carbocycles. The first kappa shape index (κ1) is 15.0. The van der Waals surface area contributed by atoms with Gasteiger partial charge in [-0.15, -0.1) is 13.2 Å². The molecule has 9 heteroatoms. The fourth-order valence-corrected chi connectivity index (χ4v) is 3.03. The summed E-state index contributed by atoms with van der Waals surface area (Å²) < 4.78 is 46.6. The number of rotatable bonds is 2. The van der Waals surface area contributed by atoms with Gasteiger partial charge in [0.25, 0.3) is 5.91 Å². The van der Waals surface area contributed by atoms with Crippen molar-refractivity contribution in [2.75, 3.05) is 0 Å². The minimum absolute atomic E-state index is 0.124. The van der Waals surface area contributed by atoms with E-state index in [1.165, 1.54) is 6.07 Å². The number of cyclic esters (lactones) is 1. The Morgan fingerprint density at radius 3 is 2.64 bits per heavy atom. The number of hydrogen-bond acceptors (Lipinski definition) is 4. The van der Waals surface area contributed by atoms with E-state index in [0.29, 0.717) is 24.8 Å². The van der Waals surface area contributed by atoms with Gasteiger partial charge in [0.1, 0.15) is 0 Å². The molecule has 1 aromatic rings. The van der Waals surface area contributed by atoms with Crippen LogP contribution in [0.2, 0.25) is 5.02 Å². The average Bonchev–Trinajstić information content (AvgIpc) is 2.95. The lowest BCUT2D eigenvalue weighted by atomic mass is 9.97. The number of fused-ring (bicyclic) bond motifs is 1. The first-order valence-corrected chi connectivity index (χ1v) is 6.75. The van der Waals surface area contributed by atoms with Crippen LogP contribution in [0.15, 0.2) is 6.07 Å². The number of alkyl halides is 3. The number of amides is 2. The smallest absolute Gasteiger partial charge is 0.431 e. The maximum atomic E-state index is 12.6. The van der Waals surface area contributed by atoms with Gasteiger partial charge in [-0.25, -0.2) is 4.79 Å². The zero-order valence-corrected chi connectivity index (χ0v) is 11.7. The number of hydrogen-bond donors (Lipinski definition) is 1. The lowest BCUT2D eigenvalue weighted by molar-refractivity contribution is -0.275. The van der Waals surface area contributed by atoms with Crippen molar-refractivity contribution in [3.8, 4) is 5.75 Å². The molecule has 1 fully saturated rings. The second-order valence-electron chi connectivity index (χ2n) is 4.91. The zero-order chi connectivity index (χ0) is 16.1. The SMILES string of the molecule is O=C1NC(=O)C(c2c3c(cc(Cl)c2OC(F)(F)F)CCC3)O1. The fraction of sp³-hybridized carbons (Fsp3) is 0.385. The number of nitrogens with one attached hydrogen (secondary N) is 1. The molecule has 1 saturated heterocycles. The van der Waals surface area contributed by atoms with Crippen LogP contribution in [-0.2, 0) is 22.4 Å². The highest BCUT2D eigenvalue weighted by atomic mass is 35.5. The Kier molecular flexibility index (Phi) is 3.43. The van der Waals surface area contributed by atoms with E-state index in [9.17, 15) is 22.8 Å². The van der Waals surface area contributed by atoms with Crippen LogP contribution in [-0.4, -0.2) is 18.4 Å². The monoisotopic (exact) mass is 335 g/mol. The van der Waals surface area contributed by atoms with E-state index < -0.39 is 30.2 Å². The minimum atomic E-state index is -4.98. The van der Waals surface area contributed by atoms with Crippen LogP contribution in [0.3, 0.4) is 0 Å². The highest BCUT2D eigenvalue weighted by molar-refractivity contribution is 6.32. The summed E-state index contributed by atoms with van der Waals surface area (Å²) in [7, 11) is 0. The van der Waals surface area contributed by atoms with Gasteiger partial charge in [-0.2, -0.15) is 0 Å². The van der Waals surface area contributed by atoms with Crippen LogP contribution >= 0.6 is 11.6 Å². The van der Waals surface area contributed by atoms with Gasteiger partial charge in [-0.1, -0.05) is 11.6 Å². The first-order valence-electron chi connectivity index (χ1n) is 6.37. The van der Waals surface area contributed by atoms with E-state index in [4.69, 9.17) is 16.3 Å². The molecular weight excluding hydrogens is 327 g/mol. The topological polar surface area (TPSA) is 64.6 Å². The predicted octanol–water partition coefficient (Wildman–Crippen LogP) is 3.03. The predicted molar refractivity (Wildman–Crippen MR) is 67.5 cm³/mol. The lowest BCUT2D eigenvalue weighted by Gasteiger charge is -2.20. The largest absolute Gasteiger partial charge is 0.573 e. The number of benzene rings is 1. The fourth-order valence-electron chi connectivity index (χ4n) is 2.76. The average molecular weight is 336 g/mol. The molecule has 1 N–H and O–H groups in total. The summed E-state index contributed by atoms with van der Waals surface area (Å²) >= 11 is 5.88. The molecule has 1 aliphatic heterocycles. The Labute approximate surface area is 127 Å². The molecule has 1 unspecified atom stereocenters. The van der Waals surface area contributed by atoms with Crippen molar-refractivity contribution in [3.63, 3.8) is 0 Å². The van der Waals surface area contributed by atoms with Crippen LogP contribution in [0, 0.1) is 0 Å². The van der Waals surface area contributed by atoms with Crippen LogP contribution < -0.4 is 10.1 Å². The second-order valence-corrected chi connectivity index (χ2v) is 5.32. The van der Waals surface area contributed by atoms with E-state index in [1.807, 2.05) is 5.32 Å². The van der Waals surface area contributed by atoms with Crippen LogP contribution in [0.25, 0.3) is 0 Å². The molecule has 0 aromatic heterocycles. The third-order valence-electron chi connectivity index (χ3n) is 3.52. The molecular formula is C13H9ClF3NO4. The van der Waals surface area contributed by atoms with Crippen LogP contribution in [0.1, 0.15) is 29.2 Å². The summed E-state index contributed by atoms with van der Waals surface area (Å²) in [4.78, 5) is 22.9. The maximum absolute atomic E-state index is 12.6. The number of halogens is 4. The molecule has 1 heterocycles. The Morgan fingerprint density at radius 2 is 2.05 bits per heavy atom. The van der Waals surface area contributed by atoms with Gasteiger partial charge < -0.3 is 9.47 Å². The first-order chi connectivity index (χ1) is 10.3. The molecule has 22 heavy (non-hydrogen) atoms. The van der Waals surface area contributed by atoms with E-state index in [1.54, 1.807) is 0 Å². The van der Waals surface area contributed by atoms with Crippen LogP contribution in [0.5, 0.6) is 5.75 Å². The molecule has 118 valence electrons. The Bertz CT molecular complexity index is 674. The molecule has 2 aliphatic rings. The van der Waals surface area contributed by atoms with Crippen molar-refractivity contribution in [3.05, 3.63) is 27.8 Å². The molecule has 1 atom stereocenters. The normalized spacial score (nSPS) is 20.6. The van der Waals surface area contributed by atoms with Crippen molar-refractivity contribution < 1.29 is 32.2 Å². The molecule has 3 rings (SSSR count). The van der Waals surface area contributed by atoms with E-state index in [-0.39, 0.29) is 10.6 Å². The Balaban J connectivity index is 2.17.